The number of nitrogens with one attached hydrogen (secondary N) is 1. The summed E-state index contributed by atoms with van der Waals surface area (Å²) < 4.78 is 0. The van der Waals surface area contributed by atoms with Gasteiger partial charge in [0.15, 0.2) is 0 Å². The molecule has 1 aromatic carbocycles. The van der Waals surface area contributed by atoms with Crippen LogP contribution < -0.4 is 5.32 Å². The van der Waals surface area contributed by atoms with Crippen LogP contribution in [0.4, 0.5) is 0 Å². The van der Waals surface area contributed by atoms with Crippen molar-refractivity contribution in [1.29, 1.82) is 0 Å². The lowest BCUT2D eigenvalue weighted by Crippen LogP contribution is -2.35. The van der Waals surface area contributed by atoms with Crippen LogP contribution in [0.1, 0.15) is 25.0 Å². The van der Waals surface area contributed by atoms with Crippen molar-refractivity contribution in [2.45, 2.75) is 19.4 Å². The topological polar surface area (TPSA) is 29.1 Å². The zero-order valence-corrected chi connectivity index (χ0v) is 8.58. The van der Waals surface area contributed by atoms with Crippen LogP contribution in [0.25, 0.3) is 6.08 Å². The smallest absolute Gasteiger partial charge is 0.207 e. The van der Waals surface area contributed by atoms with Crippen molar-refractivity contribution in [2.75, 3.05) is 0 Å². The summed E-state index contributed by atoms with van der Waals surface area (Å²) in [5.41, 5.74) is 1.80. The van der Waals surface area contributed by atoms with Crippen LogP contribution in [0.5, 0.6) is 0 Å². The van der Waals surface area contributed by atoms with E-state index in [1.807, 2.05) is 38.1 Å². The van der Waals surface area contributed by atoms with Crippen LogP contribution in [0, 0.1) is 0 Å². The Bertz CT molecular complexity index is 342. The zero-order chi connectivity index (χ0) is 10.6. The summed E-state index contributed by atoms with van der Waals surface area (Å²) in [6, 6.07) is 7.95. The first kappa shape index (κ1) is 10.5. The van der Waals surface area contributed by atoms with Crippen LogP contribution in [-0.2, 0) is 10.3 Å². The molecule has 1 rings (SSSR count). The van der Waals surface area contributed by atoms with Crippen molar-refractivity contribution >= 4 is 12.5 Å². The van der Waals surface area contributed by atoms with Crippen molar-refractivity contribution < 1.29 is 4.79 Å². The van der Waals surface area contributed by atoms with E-state index in [1.165, 1.54) is 0 Å². The minimum atomic E-state index is -0.333. The molecule has 2 nitrogen and oxygen atoms in total. The number of carbonyl (C=O) groups excluding carboxylic acids is 1. The fourth-order valence-electron chi connectivity index (χ4n) is 1.29. The third-order valence-corrected chi connectivity index (χ3v) is 2.26. The molecule has 0 aliphatic carbocycles. The fourth-order valence-corrected chi connectivity index (χ4v) is 1.29. The summed E-state index contributed by atoms with van der Waals surface area (Å²) in [5.74, 6) is 0. The minimum Gasteiger partial charge on any atom is -0.350 e. The van der Waals surface area contributed by atoms with Gasteiger partial charge in [0.05, 0.1) is 5.54 Å². The van der Waals surface area contributed by atoms with Gasteiger partial charge >= 0.3 is 0 Å². The highest BCUT2D eigenvalue weighted by Crippen LogP contribution is 2.20. The normalized spacial score (nSPS) is 10.7. The van der Waals surface area contributed by atoms with Gasteiger partial charge in [-0.2, -0.15) is 0 Å². The van der Waals surface area contributed by atoms with Crippen molar-refractivity contribution in [1.82, 2.24) is 5.32 Å². The van der Waals surface area contributed by atoms with Crippen LogP contribution in [0.15, 0.2) is 30.8 Å². The van der Waals surface area contributed by atoms with E-state index in [0.717, 1.165) is 17.5 Å². The molecule has 0 bridgehead atoms. The van der Waals surface area contributed by atoms with Gasteiger partial charge in [0.25, 0.3) is 0 Å². The monoisotopic (exact) mass is 189 g/mol. The maximum absolute atomic E-state index is 10.4. The molecular weight excluding hydrogens is 174 g/mol. The van der Waals surface area contributed by atoms with Crippen LogP contribution >= 0.6 is 0 Å². The lowest BCUT2D eigenvalue weighted by molar-refractivity contribution is -0.111. The second kappa shape index (κ2) is 4.09. The molecule has 0 aromatic heterocycles. The maximum Gasteiger partial charge on any atom is 0.207 e. The van der Waals surface area contributed by atoms with E-state index in [2.05, 4.69) is 11.9 Å². The molecule has 1 N–H and O–H groups in total. The average Bonchev–Trinajstić information content (AvgIpc) is 2.18. The van der Waals surface area contributed by atoms with E-state index in [4.69, 9.17) is 0 Å². The lowest BCUT2D eigenvalue weighted by atomic mass is 9.93. The van der Waals surface area contributed by atoms with E-state index >= 15 is 0 Å². The molecule has 0 heterocycles. The molecular formula is C12H15NO. The largest absolute Gasteiger partial charge is 0.350 e. The molecule has 14 heavy (non-hydrogen) atoms. The highest BCUT2D eigenvalue weighted by Gasteiger charge is 2.18. The van der Waals surface area contributed by atoms with Gasteiger partial charge in [-0.25, -0.2) is 0 Å². The molecule has 0 saturated heterocycles. The van der Waals surface area contributed by atoms with Crippen molar-refractivity contribution in [2.24, 2.45) is 0 Å². The second-order valence-corrected chi connectivity index (χ2v) is 3.72. The Morgan fingerprint density at radius 2 is 2.14 bits per heavy atom. The number of hydrogen-bond donors (Lipinski definition) is 1. The Morgan fingerprint density at radius 3 is 2.71 bits per heavy atom. The van der Waals surface area contributed by atoms with Crippen LogP contribution in [0.3, 0.4) is 0 Å². The molecule has 0 saturated carbocycles. The SMILES string of the molecule is C=Cc1cccc(C(C)(C)NC=O)c1. The third kappa shape index (κ3) is 2.22. The number of carbonyl (C=O) groups is 1. The summed E-state index contributed by atoms with van der Waals surface area (Å²) in [5, 5.41) is 2.77. The predicted molar refractivity (Wildman–Crippen MR) is 58.8 cm³/mol. The van der Waals surface area contributed by atoms with Gasteiger partial charge in [-0.05, 0) is 31.0 Å². The Hall–Kier alpha value is -1.57. The van der Waals surface area contributed by atoms with Gasteiger partial charge in [0, 0.05) is 0 Å². The highest BCUT2D eigenvalue weighted by molar-refractivity contribution is 5.52. The van der Waals surface area contributed by atoms with Gasteiger partial charge in [-0.15, -0.1) is 0 Å². The Morgan fingerprint density at radius 1 is 1.43 bits per heavy atom. The predicted octanol–water partition coefficient (Wildman–Crippen LogP) is 2.31. The molecule has 0 atom stereocenters. The summed E-state index contributed by atoms with van der Waals surface area (Å²) in [7, 11) is 0. The highest BCUT2D eigenvalue weighted by atomic mass is 16.1. The molecule has 0 aliphatic heterocycles. The molecule has 0 radical (unpaired) electrons. The second-order valence-electron chi connectivity index (χ2n) is 3.72. The van der Waals surface area contributed by atoms with E-state index in [-0.39, 0.29) is 5.54 Å². The zero-order valence-electron chi connectivity index (χ0n) is 8.58. The third-order valence-electron chi connectivity index (χ3n) is 2.26. The van der Waals surface area contributed by atoms with E-state index in [9.17, 15) is 4.79 Å². The first-order valence-corrected chi connectivity index (χ1v) is 4.54. The lowest BCUT2D eigenvalue weighted by Gasteiger charge is -2.24. The first-order valence-electron chi connectivity index (χ1n) is 4.54. The van der Waals surface area contributed by atoms with Gasteiger partial charge in [-0.3, -0.25) is 4.79 Å². The number of hydrogen-bond acceptors (Lipinski definition) is 1. The number of benzene rings is 1. The molecule has 0 fully saturated rings. The number of rotatable bonds is 4. The molecule has 0 aliphatic rings. The van der Waals surface area contributed by atoms with Crippen LogP contribution in [-0.4, -0.2) is 6.41 Å². The fraction of sp³-hybridized carbons (Fsp3) is 0.250. The minimum absolute atomic E-state index is 0.333. The Balaban J connectivity index is 3.05. The molecule has 0 unspecified atom stereocenters. The number of amides is 1. The molecule has 2 heteroatoms. The van der Waals surface area contributed by atoms with Gasteiger partial charge in [0.1, 0.15) is 0 Å². The Labute approximate surface area is 84.6 Å². The van der Waals surface area contributed by atoms with Crippen molar-refractivity contribution in [3.8, 4) is 0 Å². The van der Waals surface area contributed by atoms with Crippen molar-refractivity contribution in [3.63, 3.8) is 0 Å². The molecule has 1 amide bonds. The van der Waals surface area contributed by atoms with Gasteiger partial charge in [0.2, 0.25) is 6.41 Å². The quantitative estimate of drug-likeness (QED) is 0.723. The summed E-state index contributed by atoms with van der Waals surface area (Å²) >= 11 is 0. The van der Waals surface area contributed by atoms with E-state index in [0.29, 0.717) is 0 Å². The average molecular weight is 189 g/mol. The van der Waals surface area contributed by atoms with Gasteiger partial charge < -0.3 is 5.32 Å². The molecule has 1 aromatic rings. The summed E-state index contributed by atoms with van der Waals surface area (Å²) in [4.78, 5) is 10.4. The summed E-state index contributed by atoms with van der Waals surface area (Å²) in [6.07, 6.45) is 2.51. The Kier molecular flexibility index (Phi) is 3.07. The molecule has 74 valence electrons. The maximum atomic E-state index is 10.4. The van der Waals surface area contributed by atoms with Crippen molar-refractivity contribution in [3.05, 3.63) is 42.0 Å². The van der Waals surface area contributed by atoms with E-state index < -0.39 is 0 Å². The van der Waals surface area contributed by atoms with Gasteiger partial charge in [-0.1, -0.05) is 30.9 Å². The first-order chi connectivity index (χ1) is 6.60. The van der Waals surface area contributed by atoms with E-state index in [1.54, 1.807) is 6.08 Å². The molecule has 0 spiro atoms. The van der Waals surface area contributed by atoms with Crippen LogP contribution in [0.2, 0.25) is 0 Å². The standard InChI is InChI=1S/C12H15NO/c1-4-10-6-5-7-11(8-10)12(2,3)13-9-14/h4-9H,1H2,2-3H3,(H,13,14). The summed E-state index contributed by atoms with van der Waals surface area (Å²) in [6.45, 7) is 7.63.